The van der Waals surface area contributed by atoms with Crippen LogP contribution < -0.4 is 11.6 Å². The zero-order chi connectivity index (χ0) is 23.4. The lowest BCUT2D eigenvalue weighted by atomic mass is 9.78. The predicted octanol–water partition coefficient (Wildman–Crippen LogP) is 0.664. The molecular weight excluding hydrogens is 433 g/mol. The average Bonchev–Trinajstić information content (AvgIpc) is 3.36. The minimum atomic E-state index is -2.23. The summed E-state index contributed by atoms with van der Waals surface area (Å²) in [4.78, 5) is 34.2. The van der Waals surface area contributed by atoms with Crippen LogP contribution in [-0.4, -0.2) is 47.6 Å². The van der Waals surface area contributed by atoms with Crippen molar-refractivity contribution in [2.24, 2.45) is 0 Å². The highest BCUT2D eigenvalue weighted by Crippen LogP contribution is 2.50. The predicted molar refractivity (Wildman–Crippen MR) is 100 cm³/mol. The number of imidazole rings is 1. The lowest BCUT2D eigenvalue weighted by Crippen LogP contribution is -2.57. The Morgan fingerprint density at radius 2 is 2.22 bits per heavy atom. The zero-order valence-electron chi connectivity index (χ0n) is 16.6. The number of aryl methyl sites for hydroxylation is 1. The Morgan fingerprint density at radius 3 is 2.81 bits per heavy atom. The first kappa shape index (κ1) is 21.3. The molecule has 1 aliphatic rings. The van der Waals surface area contributed by atoms with Gasteiger partial charge in [0.2, 0.25) is 11.2 Å². The van der Waals surface area contributed by atoms with Gasteiger partial charge in [-0.05, 0) is 13.8 Å². The Hall–Kier alpha value is -3.96. The first-order valence-corrected chi connectivity index (χ1v) is 9.04. The molecule has 32 heavy (non-hydrogen) atoms. The molecule has 0 spiro atoms. The van der Waals surface area contributed by atoms with Crippen LogP contribution in [0.4, 0.5) is 15.0 Å². The first-order valence-electron chi connectivity index (χ1n) is 9.04. The van der Waals surface area contributed by atoms with Crippen LogP contribution in [0.5, 0.6) is 0 Å². The fourth-order valence-corrected chi connectivity index (χ4v) is 3.93. The Bertz CT molecular complexity index is 1330. The second-order valence-corrected chi connectivity index (χ2v) is 7.15. The number of carbonyl (C=O) groups is 1. The molecule has 0 radical (unpaired) electrons. The molecule has 13 nitrogen and oxygen atoms in total. The molecule has 1 fully saturated rings. The van der Waals surface area contributed by atoms with E-state index in [0.29, 0.717) is 0 Å². The van der Waals surface area contributed by atoms with Crippen molar-refractivity contribution in [1.29, 1.82) is 0 Å². The highest BCUT2D eigenvalue weighted by atomic mass is 19.1. The number of aliphatic hydroxyl groups excluding tert-OH is 1. The van der Waals surface area contributed by atoms with Crippen LogP contribution >= 0.6 is 0 Å². The van der Waals surface area contributed by atoms with Gasteiger partial charge in [0, 0.05) is 6.42 Å². The number of ether oxygens (including phenoxy) is 2. The minimum Gasteiger partial charge on any atom is -0.450 e. The molecule has 0 bridgehead atoms. The van der Waals surface area contributed by atoms with E-state index in [9.17, 15) is 24.2 Å². The van der Waals surface area contributed by atoms with Gasteiger partial charge in [-0.1, -0.05) is 5.92 Å². The monoisotopic (exact) mass is 449 g/mol. The molecule has 0 amide bonds. The number of hydrogen-bond donors (Lipinski definition) is 3. The van der Waals surface area contributed by atoms with Gasteiger partial charge in [0.15, 0.2) is 28.5 Å². The van der Waals surface area contributed by atoms with E-state index < -0.39 is 47.4 Å². The van der Waals surface area contributed by atoms with Crippen molar-refractivity contribution in [3.63, 3.8) is 0 Å². The number of terminal acetylenes is 1. The third kappa shape index (κ3) is 2.90. The summed E-state index contributed by atoms with van der Waals surface area (Å²) in [6.07, 6.45) is 1.12. The number of nitrogen functional groups attached to an aromatic ring is 1. The van der Waals surface area contributed by atoms with Crippen LogP contribution in [0.3, 0.4) is 0 Å². The maximum Gasteiger partial charge on any atom is 0.519 e. The van der Waals surface area contributed by atoms with E-state index in [1.54, 1.807) is 0 Å². The van der Waals surface area contributed by atoms with Crippen molar-refractivity contribution in [1.82, 2.24) is 19.5 Å². The maximum absolute atomic E-state index is 13.7. The quantitative estimate of drug-likeness (QED) is 0.287. The molecule has 4 atom stereocenters. The number of hydrogen-bond acceptors (Lipinski definition) is 11. The van der Waals surface area contributed by atoms with Crippen molar-refractivity contribution >= 4 is 23.1 Å². The Balaban J connectivity index is 1.86. The fraction of sp³-hybridized carbons (Fsp3) is 0.389. The van der Waals surface area contributed by atoms with Crippen LogP contribution in [-0.2, 0) is 15.1 Å². The van der Waals surface area contributed by atoms with Gasteiger partial charge >= 0.3 is 18.1 Å². The second-order valence-electron chi connectivity index (χ2n) is 7.15. The summed E-state index contributed by atoms with van der Waals surface area (Å²) in [5.41, 5.74) is 1.26. The summed E-state index contributed by atoms with van der Waals surface area (Å²) in [6, 6.07) is 0. The number of aromatic nitrogens is 4. The standard InChI is InChI=1S/C18H16FN5O8/c1-4-18(17(3,32-15(26)27)11-7(2)29-16(28)30-11)8(25)5-9(31-18)24-6-21-10-12(20)22-14(19)23-13(10)24/h1,6,8-9,25H,5H2,2-3H3,(H,26,27)(H2,20,22,23)/t8-,9-,17?,18+/m0/s1. The third-order valence-corrected chi connectivity index (χ3v) is 5.34. The molecule has 0 saturated carbocycles. The van der Waals surface area contributed by atoms with Gasteiger partial charge < -0.3 is 34.3 Å². The molecule has 1 aliphatic heterocycles. The van der Waals surface area contributed by atoms with E-state index in [1.807, 2.05) is 0 Å². The lowest BCUT2D eigenvalue weighted by Gasteiger charge is -2.40. The zero-order valence-corrected chi connectivity index (χ0v) is 16.6. The summed E-state index contributed by atoms with van der Waals surface area (Å²) in [7, 11) is 0. The molecule has 0 aliphatic carbocycles. The molecule has 14 heteroatoms. The van der Waals surface area contributed by atoms with Crippen LogP contribution in [0.25, 0.3) is 11.2 Å². The summed E-state index contributed by atoms with van der Waals surface area (Å²) in [5.74, 6) is 0.352. The van der Waals surface area contributed by atoms with Crippen LogP contribution in [0.15, 0.2) is 20.0 Å². The number of anilines is 1. The molecule has 3 aromatic heterocycles. The summed E-state index contributed by atoms with van der Waals surface area (Å²) < 4.78 is 35.8. The first-order chi connectivity index (χ1) is 15.0. The molecule has 4 heterocycles. The molecular formula is C18H16FN5O8. The topological polar surface area (TPSA) is 189 Å². The Labute approximate surface area is 177 Å². The van der Waals surface area contributed by atoms with Gasteiger partial charge in [-0.15, -0.1) is 6.42 Å². The Kier molecular flexibility index (Phi) is 4.68. The Morgan fingerprint density at radius 1 is 1.50 bits per heavy atom. The summed E-state index contributed by atoms with van der Waals surface area (Å²) in [6.45, 7) is 2.48. The molecule has 0 aromatic carbocycles. The molecule has 4 rings (SSSR count). The van der Waals surface area contributed by atoms with Crippen LogP contribution in [0, 0.1) is 25.3 Å². The minimum absolute atomic E-state index is 0.0492. The van der Waals surface area contributed by atoms with E-state index in [0.717, 1.165) is 0 Å². The largest absolute Gasteiger partial charge is 0.519 e. The maximum atomic E-state index is 13.7. The van der Waals surface area contributed by atoms with Crippen molar-refractivity contribution in [2.75, 3.05) is 5.73 Å². The SMILES string of the molecule is C#C[C@@]1(C(C)(OC(=O)O)c2oc(=O)oc2C)O[C@H](n2cnc3c(N)nc(F)nc32)C[C@@H]1O. The van der Waals surface area contributed by atoms with E-state index in [1.165, 1.54) is 24.7 Å². The molecule has 1 unspecified atom stereocenters. The van der Waals surface area contributed by atoms with Crippen LogP contribution in [0.2, 0.25) is 0 Å². The normalized spacial score (nSPS) is 24.8. The van der Waals surface area contributed by atoms with Crippen molar-refractivity contribution in [2.45, 2.75) is 43.8 Å². The number of rotatable bonds is 4. The number of aliphatic hydroxyl groups is 1. The van der Waals surface area contributed by atoms with Crippen molar-refractivity contribution in [3.8, 4) is 12.3 Å². The van der Waals surface area contributed by atoms with Crippen LogP contribution in [0.1, 0.15) is 31.1 Å². The molecule has 1 saturated heterocycles. The summed E-state index contributed by atoms with van der Waals surface area (Å²) >= 11 is 0. The highest BCUT2D eigenvalue weighted by Gasteiger charge is 2.65. The number of halogens is 1. The average molecular weight is 449 g/mol. The number of nitrogens with zero attached hydrogens (tertiary/aromatic N) is 4. The van der Waals surface area contributed by atoms with Crippen molar-refractivity contribution < 1.29 is 37.7 Å². The van der Waals surface area contributed by atoms with Gasteiger partial charge in [-0.3, -0.25) is 4.57 Å². The van der Waals surface area contributed by atoms with Gasteiger partial charge in [-0.2, -0.15) is 14.4 Å². The molecule has 3 aromatic rings. The number of carboxylic acid groups (broad SMARTS) is 1. The van der Waals surface area contributed by atoms with E-state index in [4.69, 9.17) is 30.5 Å². The second kappa shape index (κ2) is 7.04. The summed E-state index contributed by atoms with van der Waals surface area (Å²) in [5, 5.41) is 20.3. The van der Waals surface area contributed by atoms with Crippen molar-refractivity contribution in [3.05, 3.63) is 34.5 Å². The highest BCUT2D eigenvalue weighted by molar-refractivity contribution is 5.81. The third-order valence-electron chi connectivity index (χ3n) is 5.34. The number of nitrogens with two attached hydrogens (primary N) is 1. The van der Waals surface area contributed by atoms with Gasteiger partial charge in [0.25, 0.3) is 0 Å². The smallest absolute Gasteiger partial charge is 0.450 e. The van der Waals surface area contributed by atoms with E-state index in [2.05, 4.69) is 20.9 Å². The number of fused-ring (bicyclic) bond motifs is 1. The van der Waals surface area contributed by atoms with E-state index >= 15 is 0 Å². The van der Waals surface area contributed by atoms with Gasteiger partial charge in [0.05, 0.1) is 6.33 Å². The van der Waals surface area contributed by atoms with Gasteiger partial charge in [-0.25, -0.2) is 14.6 Å². The molecule has 168 valence electrons. The molecule has 4 N–H and O–H groups in total. The van der Waals surface area contributed by atoms with Gasteiger partial charge in [0.1, 0.15) is 12.3 Å². The lowest BCUT2D eigenvalue weighted by molar-refractivity contribution is -0.192. The van der Waals surface area contributed by atoms with E-state index in [-0.39, 0.29) is 29.2 Å². The fourth-order valence-electron chi connectivity index (χ4n) is 3.93.